The summed E-state index contributed by atoms with van der Waals surface area (Å²) >= 11 is 0. The third-order valence-electron chi connectivity index (χ3n) is 4.87. The number of alkyl carbamates (subject to hydrolysis) is 1. The van der Waals surface area contributed by atoms with E-state index in [1.54, 1.807) is 6.20 Å². The molecule has 25 heavy (non-hydrogen) atoms. The molecule has 1 saturated carbocycles. The third kappa shape index (κ3) is 4.30. The molecule has 1 aromatic heterocycles. The number of hydrogen-bond acceptors (Lipinski definition) is 5. The van der Waals surface area contributed by atoms with E-state index in [-0.39, 0.29) is 30.3 Å². The van der Waals surface area contributed by atoms with Crippen LogP contribution in [0, 0.1) is 5.92 Å². The first kappa shape index (κ1) is 18.1. The Morgan fingerprint density at radius 3 is 2.84 bits per heavy atom. The maximum atomic E-state index is 12.2. The number of nitrogens with one attached hydrogen (secondary N) is 2. The SMILES string of the molecule is CC(NC1C(NC(=O)OC(C)(C)C)C2CCCOC21)c1ccccn1. The molecule has 1 amide bonds. The van der Waals surface area contributed by atoms with Crippen LogP contribution in [0.5, 0.6) is 0 Å². The van der Waals surface area contributed by atoms with Gasteiger partial charge in [-0.15, -0.1) is 0 Å². The molecule has 6 nitrogen and oxygen atoms in total. The zero-order chi connectivity index (χ0) is 18.0. The Kier molecular flexibility index (Phi) is 5.29. The lowest BCUT2D eigenvalue weighted by atomic mass is 9.68. The van der Waals surface area contributed by atoms with Gasteiger partial charge in [-0.1, -0.05) is 6.07 Å². The highest BCUT2D eigenvalue weighted by Gasteiger charge is 2.53. The molecule has 0 bridgehead atoms. The maximum absolute atomic E-state index is 12.2. The minimum atomic E-state index is -0.500. The van der Waals surface area contributed by atoms with E-state index in [2.05, 4.69) is 22.5 Å². The number of nitrogens with zero attached hydrogens (tertiary/aromatic N) is 1. The molecule has 1 aliphatic heterocycles. The van der Waals surface area contributed by atoms with E-state index < -0.39 is 5.60 Å². The number of carbonyl (C=O) groups is 1. The van der Waals surface area contributed by atoms with Crippen molar-refractivity contribution in [1.82, 2.24) is 15.6 Å². The van der Waals surface area contributed by atoms with E-state index >= 15 is 0 Å². The molecule has 3 rings (SSSR count). The van der Waals surface area contributed by atoms with Crippen LogP contribution < -0.4 is 10.6 Å². The third-order valence-corrected chi connectivity index (χ3v) is 4.87. The lowest BCUT2D eigenvalue weighted by Crippen LogP contribution is -2.73. The molecule has 1 aliphatic carbocycles. The van der Waals surface area contributed by atoms with Gasteiger partial charge in [-0.3, -0.25) is 4.98 Å². The molecule has 0 spiro atoms. The molecule has 5 atom stereocenters. The van der Waals surface area contributed by atoms with Gasteiger partial charge < -0.3 is 20.1 Å². The first-order chi connectivity index (χ1) is 11.8. The van der Waals surface area contributed by atoms with Crippen LogP contribution in [0.3, 0.4) is 0 Å². The molecule has 2 aliphatic rings. The number of hydrogen-bond donors (Lipinski definition) is 2. The highest BCUT2D eigenvalue weighted by molar-refractivity contribution is 5.68. The van der Waals surface area contributed by atoms with Gasteiger partial charge in [0.05, 0.1) is 23.9 Å². The number of pyridine rings is 1. The molecular weight excluding hydrogens is 318 g/mol. The summed E-state index contributed by atoms with van der Waals surface area (Å²) in [5.41, 5.74) is 0.485. The number of carbonyl (C=O) groups excluding carboxylic acids is 1. The largest absolute Gasteiger partial charge is 0.444 e. The Balaban J connectivity index is 1.66. The Bertz CT molecular complexity index is 587. The van der Waals surface area contributed by atoms with Gasteiger partial charge in [0.2, 0.25) is 0 Å². The molecule has 1 saturated heterocycles. The quantitative estimate of drug-likeness (QED) is 0.876. The molecular formula is C19H29N3O3. The molecule has 6 heteroatoms. The van der Waals surface area contributed by atoms with Crippen LogP contribution in [-0.2, 0) is 9.47 Å². The molecule has 2 fully saturated rings. The van der Waals surface area contributed by atoms with E-state index in [0.717, 1.165) is 25.1 Å². The van der Waals surface area contributed by atoms with E-state index in [1.807, 2.05) is 39.0 Å². The van der Waals surface area contributed by atoms with Crippen molar-refractivity contribution in [2.45, 2.75) is 70.4 Å². The summed E-state index contributed by atoms with van der Waals surface area (Å²) in [7, 11) is 0. The molecule has 5 unspecified atom stereocenters. The van der Waals surface area contributed by atoms with Crippen LogP contribution in [0.1, 0.15) is 52.3 Å². The highest BCUT2D eigenvalue weighted by atomic mass is 16.6. The average molecular weight is 347 g/mol. The first-order valence-corrected chi connectivity index (χ1v) is 9.13. The molecule has 2 heterocycles. The molecule has 0 aromatic carbocycles. The van der Waals surface area contributed by atoms with Crippen molar-refractivity contribution < 1.29 is 14.3 Å². The number of ether oxygens (including phenoxy) is 2. The molecule has 138 valence electrons. The van der Waals surface area contributed by atoms with Crippen LogP contribution in [0.2, 0.25) is 0 Å². The van der Waals surface area contributed by atoms with Crippen LogP contribution in [-0.4, -0.2) is 41.5 Å². The summed E-state index contributed by atoms with van der Waals surface area (Å²) in [6.07, 6.45) is 3.68. The number of rotatable bonds is 4. The highest BCUT2D eigenvalue weighted by Crippen LogP contribution is 2.39. The fraction of sp³-hybridized carbons (Fsp3) is 0.684. The van der Waals surface area contributed by atoms with Crippen LogP contribution in [0.15, 0.2) is 24.4 Å². The van der Waals surface area contributed by atoms with Crippen LogP contribution in [0.4, 0.5) is 4.79 Å². The predicted molar refractivity (Wildman–Crippen MR) is 95.2 cm³/mol. The van der Waals surface area contributed by atoms with Gasteiger partial charge in [0.15, 0.2) is 0 Å². The monoisotopic (exact) mass is 347 g/mol. The second kappa shape index (κ2) is 7.30. The van der Waals surface area contributed by atoms with Crippen LogP contribution in [0.25, 0.3) is 0 Å². The second-order valence-electron chi connectivity index (χ2n) is 7.98. The van der Waals surface area contributed by atoms with E-state index in [0.29, 0.717) is 5.92 Å². The van der Waals surface area contributed by atoms with Gasteiger partial charge >= 0.3 is 6.09 Å². The maximum Gasteiger partial charge on any atom is 0.407 e. The summed E-state index contributed by atoms with van der Waals surface area (Å²) in [6, 6.07) is 6.07. The normalized spacial score (nSPS) is 29.9. The first-order valence-electron chi connectivity index (χ1n) is 9.13. The molecule has 0 radical (unpaired) electrons. The van der Waals surface area contributed by atoms with Crippen molar-refractivity contribution in [2.24, 2.45) is 5.92 Å². The van der Waals surface area contributed by atoms with Crippen molar-refractivity contribution in [3.8, 4) is 0 Å². The Morgan fingerprint density at radius 1 is 1.36 bits per heavy atom. The lowest BCUT2D eigenvalue weighted by molar-refractivity contribution is -0.130. The van der Waals surface area contributed by atoms with Gasteiger partial charge in [-0.2, -0.15) is 0 Å². The minimum Gasteiger partial charge on any atom is -0.444 e. The smallest absolute Gasteiger partial charge is 0.407 e. The topological polar surface area (TPSA) is 72.5 Å². The molecule has 1 aromatic rings. The zero-order valence-corrected chi connectivity index (χ0v) is 15.5. The Hall–Kier alpha value is -1.66. The predicted octanol–water partition coefficient (Wildman–Crippen LogP) is 2.80. The van der Waals surface area contributed by atoms with E-state index in [9.17, 15) is 4.79 Å². The summed E-state index contributed by atoms with van der Waals surface area (Å²) in [5, 5.41) is 6.65. The second-order valence-corrected chi connectivity index (χ2v) is 7.98. The van der Waals surface area contributed by atoms with Gasteiger partial charge in [-0.25, -0.2) is 4.79 Å². The fourth-order valence-electron chi connectivity index (χ4n) is 3.75. The van der Waals surface area contributed by atoms with Crippen molar-refractivity contribution in [2.75, 3.05) is 6.61 Å². The zero-order valence-electron chi connectivity index (χ0n) is 15.5. The number of fused-ring (bicyclic) bond motifs is 1. The lowest BCUT2D eigenvalue weighted by Gasteiger charge is -2.54. The van der Waals surface area contributed by atoms with E-state index in [1.165, 1.54) is 0 Å². The van der Waals surface area contributed by atoms with Gasteiger partial charge in [0.25, 0.3) is 0 Å². The van der Waals surface area contributed by atoms with Crippen molar-refractivity contribution >= 4 is 6.09 Å². The standard InChI is InChI=1S/C19H29N3O3/c1-12(14-9-5-6-10-20-14)21-16-15(13-8-7-11-24-17(13)16)22-18(23)25-19(2,3)4/h5-6,9-10,12-13,15-17,21H,7-8,11H2,1-4H3,(H,22,23). The van der Waals surface area contributed by atoms with Crippen LogP contribution >= 0.6 is 0 Å². The van der Waals surface area contributed by atoms with Crippen molar-refractivity contribution in [1.29, 1.82) is 0 Å². The minimum absolute atomic E-state index is 0.0197. The Morgan fingerprint density at radius 2 is 2.16 bits per heavy atom. The van der Waals surface area contributed by atoms with Gasteiger partial charge in [-0.05, 0) is 52.7 Å². The number of aromatic nitrogens is 1. The van der Waals surface area contributed by atoms with E-state index in [4.69, 9.17) is 9.47 Å². The average Bonchev–Trinajstić information content (AvgIpc) is 2.57. The summed E-state index contributed by atoms with van der Waals surface area (Å²) in [6.45, 7) is 8.50. The van der Waals surface area contributed by atoms with Crippen molar-refractivity contribution in [3.63, 3.8) is 0 Å². The Labute approximate surface area is 149 Å². The summed E-state index contributed by atoms with van der Waals surface area (Å²) in [4.78, 5) is 16.6. The van der Waals surface area contributed by atoms with Gasteiger partial charge in [0, 0.05) is 24.8 Å². The molecule has 2 N–H and O–H groups in total. The van der Waals surface area contributed by atoms with Gasteiger partial charge in [0.1, 0.15) is 5.60 Å². The summed E-state index contributed by atoms with van der Waals surface area (Å²) < 4.78 is 11.4. The van der Waals surface area contributed by atoms with Crippen molar-refractivity contribution in [3.05, 3.63) is 30.1 Å². The number of amides is 1. The summed E-state index contributed by atoms with van der Waals surface area (Å²) in [5.74, 6) is 0.342. The fourth-order valence-corrected chi connectivity index (χ4v) is 3.75.